The number of carbonyl (C=O) groups excluding carboxylic acids is 1. The summed E-state index contributed by atoms with van der Waals surface area (Å²) in [4.78, 5) is 14.7. The van der Waals surface area contributed by atoms with Crippen molar-refractivity contribution in [2.45, 2.75) is 33.2 Å². The van der Waals surface area contributed by atoms with E-state index in [1.54, 1.807) is 4.68 Å². The van der Waals surface area contributed by atoms with Crippen LogP contribution in [0.3, 0.4) is 0 Å². The summed E-state index contributed by atoms with van der Waals surface area (Å²) in [7, 11) is 0. The molecular formula is C22H25ClN6O. The number of aromatic nitrogens is 4. The zero-order chi connectivity index (χ0) is 21.1. The molecule has 2 aromatic heterocycles. The predicted molar refractivity (Wildman–Crippen MR) is 117 cm³/mol. The molecule has 1 aliphatic heterocycles. The number of hydrogen-bond donors (Lipinski definition) is 1. The number of aryl methyl sites for hydroxylation is 2. The molecule has 1 aromatic carbocycles. The SMILES string of the molecule is Cc1cc(C)n(-c2ccc(N3CCC(C(=O)NCc4ccccc4Cl)CC3)nn2)n1. The van der Waals surface area contributed by atoms with E-state index in [9.17, 15) is 4.79 Å². The Labute approximate surface area is 181 Å². The Bertz CT molecular complexity index is 1020. The molecule has 156 valence electrons. The number of nitrogens with one attached hydrogen (secondary N) is 1. The van der Waals surface area contributed by atoms with E-state index in [1.165, 1.54) is 0 Å². The molecule has 0 bridgehead atoms. The molecule has 0 radical (unpaired) electrons. The monoisotopic (exact) mass is 424 g/mol. The van der Waals surface area contributed by atoms with Crippen molar-refractivity contribution in [1.29, 1.82) is 0 Å². The van der Waals surface area contributed by atoms with E-state index in [0.717, 1.165) is 48.7 Å². The van der Waals surface area contributed by atoms with E-state index in [0.29, 0.717) is 17.4 Å². The van der Waals surface area contributed by atoms with Gasteiger partial charge in [-0.3, -0.25) is 4.79 Å². The Morgan fingerprint density at radius 1 is 1.10 bits per heavy atom. The third-order valence-electron chi connectivity index (χ3n) is 5.46. The number of nitrogens with zero attached hydrogens (tertiary/aromatic N) is 5. The second-order valence-corrected chi connectivity index (χ2v) is 8.07. The molecule has 3 aromatic rings. The van der Waals surface area contributed by atoms with Gasteiger partial charge < -0.3 is 10.2 Å². The second-order valence-electron chi connectivity index (χ2n) is 7.66. The van der Waals surface area contributed by atoms with E-state index in [4.69, 9.17) is 11.6 Å². The fourth-order valence-corrected chi connectivity index (χ4v) is 4.00. The first kappa shape index (κ1) is 20.3. The van der Waals surface area contributed by atoms with Crippen LogP contribution >= 0.6 is 11.6 Å². The minimum Gasteiger partial charge on any atom is -0.355 e. The Balaban J connectivity index is 1.31. The summed E-state index contributed by atoms with van der Waals surface area (Å²) in [5.74, 6) is 1.62. The van der Waals surface area contributed by atoms with Gasteiger partial charge in [-0.2, -0.15) is 5.10 Å². The Morgan fingerprint density at radius 2 is 1.80 bits per heavy atom. The van der Waals surface area contributed by atoms with Gasteiger partial charge in [0.1, 0.15) is 0 Å². The summed E-state index contributed by atoms with van der Waals surface area (Å²) in [6.07, 6.45) is 1.57. The standard InChI is InChI=1S/C22H25ClN6O/c1-15-13-16(2)29(27-15)21-8-7-20(25-26-21)28-11-9-17(10-12-28)22(30)24-14-18-5-3-4-6-19(18)23/h3-8,13,17H,9-12,14H2,1-2H3,(H,24,30). The number of benzene rings is 1. The second kappa shape index (κ2) is 8.83. The van der Waals surface area contributed by atoms with Crippen LogP contribution in [-0.4, -0.2) is 39.0 Å². The van der Waals surface area contributed by atoms with Crippen molar-refractivity contribution >= 4 is 23.3 Å². The lowest BCUT2D eigenvalue weighted by molar-refractivity contribution is -0.125. The number of amides is 1. The highest BCUT2D eigenvalue weighted by molar-refractivity contribution is 6.31. The lowest BCUT2D eigenvalue weighted by Gasteiger charge is -2.31. The molecule has 0 aliphatic carbocycles. The molecule has 4 rings (SSSR count). The van der Waals surface area contributed by atoms with Crippen molar-refractivity contribution in [3.05, 3.63) is 64.4 Å². The molecule has 0 unspecified atom stereocenters. The van der Waals surface area contributed by atoms with Crippen LogP contribution in [0.1, 0.15) is 29.8 Å². The van der Waals surface area contributed by atoms with Gasteiger partial charge in [0, 0.05) is 36.3 Å². The molecule has 8 heteroatoms. The summed E-state index contributed by atoms with van der Waals surface area (Å²) < 4.78 is 1.79. The van der Waals surface area contributed by atoms with E-state index in [2.05, 4.69) is 25.5 Å². The summed E-state index contributed by atoms with van der Waals surface area (Å²) in [6.45, 7) is 5.96. The molecule has 0 atom stereocenters. The fraction of sp³-hybridized carbons (Fsp3) is 0.364. The number of anilines is 1. The Morgan fingerprint density at radius 3 is 2.43 bits per heavy atom. The highest BCUT2D eigenvalue weighted by atomic mass is 35.5. The third kappa shape index (κ3) is 4.46. The topological polar surface area (TPSA) is 75.9 Å². The summed E-state index contributed by atoms with van der Waals surface area (Å²) in [6, 6.07) is 13.5. The molecule has 0 spiro atoms. The lowest BCUT2D eigenvalue weighted by Crippen LogP contribution is -2.40. The van der Waals surface area contributed by atoms with Gasteiger partial charge in [-0.1, -0.05) is 29.8 Å². The molecule has 1 amide bonds. The number of piperidine rings is 1. The summed E-state index contributed by atoms with van der Waals surface area (Å²) in [5, 5.41) is 16.9. The van der Waals surface area contributed by atoms with Crippen molar-refractivity contribution in [1.82, 2.24) is 25.3 Å². The van der Waals surface area contributed by atoms with Gasteiger partial charge in [0.25, 0.3) is 0 Å². The van der Waals surface area contributed by atoms with Gasteiger partial charge in [0.2, 0.25) is 5.91 Å². The first-order valence-corrected chi connectivity index (χ1v) is 10.5. The maximum Gasteiger partial charge on any atom is 0.223 e. The zero-order valence-corrected chi connectivity index (χ0v) is 17.9. The van der Waals surface area contributed by atoms with E-state index >= 15 is 0 Å². The average molecular weight is 425 g/mol. The predicted octanol–water partition coefficient (Wildman–Crippen LogP) is 3.47. The maximum absolute atomic E-state index is 12.6. The molecule has 0 saturated carbocycles. The molecule has 1 fully saturated rings. The maximum atomic E-state index is 12.6. The third-order valence-corrected chi connectivity index (χ3v) is 5.83. The van der Waals surface area contributed by atoms with Crippen LogP contribution in [0, 0.1) is 19.8 Å². The average Bonchev–Trinajstić information content (AvgIpc) is 3.11. The highest BCUT2D eigenvalue weighted by Crippen LogP contribution is 2.23. The number of carbonyl (C=O) groups is 1. The molecule has 7 nitrogen and oxygen atoms in total. The van der Waals surface area contributed by atoms with Crippen LogP contribution < -0.4 is 10.2 Å². The van der Waals surface area contributed by atoms with E-state index < -0.39 is 0 Å². The Hall–Kier alpha value is -2.93. The largest absolute Gasteiger partial charge is 0.355 e. The normalized spacial score (nSPS) is 14.7. The molecule has 30 heavy (non-hydrogen) atoms. The molecule has 1 aliphatic rings. The van der Waals surface area contributed by atoms with Crippen molar-refractivity contribution < 1.29 is 4.79 Å². The molecule has 1 saturated heterocycles. The van der Waals surface area contributed by atoms with E-state index in [-0.39, 0.29) is 11.8 Å². The van der Waals surface area contributed by atoms with Crippen molar-refractivity contribution in [2.24, 2.45) is 5.92 Å². The van der Waals surface area contributed by atoms with Gasteiger partial charge >= 0.3 is 0 Å². The fourth-order valence-electron chi connectivity index (χ4n) is 3.80. The number of halogens is 1. The Kier molecular flexibility index (Phi) is 5.99. The smallest absolute Gasteiger partial charge is 0.223 e. The first-order valence-electron chi connectivity index (χ1n) is 10.1. The van der Waals surface area contributed by atoms with Crippen LogP contribution in [-0.2, 0) is 11.3 Å². The molecule has 3 heterocycles. The van der Waals surface area contributed by atoms with Gasteiger partial charge in [-0.25, -0.2) is 4.68 Å². The lowest BCUT2D eigenvalue weighted by atomic mass is 9.96. The van der Waals surface area contributed by atoms with E-state index in [1.807, 2.05) is 56.3 Å². The quantitative estimate of drug-likeness (QED) is 0.678. The van der Waals surface area contributed by atoms with Gasteiger partial charge in [0.05, 0.1) is 5.69 Å². The minimum absolute atomic E-state index is 0.00525. The van der Waals surface area contributed by atoms with Crippen LogP contribution in [0.2, 0.25) is 5.02 Å². The number of rotatable bonds is 5. The van der Waals surface area contributed by atoms with Crippen LogP contribution in [0.5, 0.6) is 0 Å². The molecule has 1 N–H and O–H groups in total. The van der Waals surface area contributed by atoms with Crippen LogP contribution in [0.15, 0.2) is 42.5 Å². The van der Waals surface area contributed by atoms with Gasteiger partial charge in [-0.15, -0.1) is 10.2 Å². The minimum atomic E-state index is 0.00525. The van der Waals surface area contributed by atoms with Crippen molar-refractivity contribution in [3.63, 3.8) is 0 Å². The van der Waals surface area contributed by atoms with Gasteiger partial charge in [0.15, 0.2) is 11.6 Å². The van der Waals surface area contributed by atoms with Crippen LogP contribution in [0.4, 0.5) is 5.82 Å². The number of hydrogen-bond acceptors (Lipinski definition) is 5. The van der Waals surface area contributed by atoms with Gasteiger partial charge in [-0.05, 0) is 56.5 Å². The summed E-state index contributed by atoms with van der Waals surface area (Å²) in [5.41, 5.74) is 2.91. The first-order chi connectivity index (χ1) is 14.5. The van der Waals surface area contributed by atoms with Crippen molar-refractivity contribution in [3.8, 4) is 5.82 Å². The highest BCUT2D eigenvalue weighted by Gasteiger charge is 2.25. The zero-order valence-electron chi connectivity index (χ0n) is 17.2. The van der Waals surface area contributed by atoms with Crippen LogP contribution in [0.25, 0.3) is 5.82 Å². The summed E-state index contributed by atoms with van der Waals surface area (Å²) >= 11 is 6.16. The molecular weight excluding hydrogens is 400 g/mol. The van der Waals surface area contributed by atoms with Crippen molar-refractivity contribution in [2.75, 3.05) is 18.0 Å².